The van der Waals surface area contributed by atoms with Crippen LogP contribution >= 0.6 is 0 Å². The van der Waals surface area contributed by atoms with E-state index >= 15 is 0 Å². The number of likely N-dealkylation sites (tertiary alicyclic amines) is 1. The number of hydrogen-bond acceptors (Lipinski definition) is 2. The third-order valence-corrected chi connectivity index (χ3v) is 4.10. The maximum atomic E-state index is 12.0. The van der Waals surface area contributed by atoms with Crippen LogP contribution in [0.5, 0.6) is 0 Å². The lowest BCUT2D eigenvalue weighted by atomic mass is 9.89. The zero-order valence-electron chi connectivity index (χ0n) is 12.7. The van der Waals surface area contributed by atoms with Gasteiger partial charge in [0.25, 0.3) is 0 Å². The molecule has 1 rings (SSSR count). The first kappa shape index (κ1) is 16.8. The monoisotopic (exact) mass is 284 g/mol. The summed E-state index contributed by atoms with van der Waals surface area (Å²) in [5.41, 5.74) is 0. The fraction of sp³-hybridized carbons (Fsp3) is 0.867. The van der Waals surface area contributed by atoms with Crippen molar-refractivity contribution in [3.63, 3.8) is 0 Å². The Morgan fingerprint density at radius 1 is 1.25 bits per heavy atom. The van der Waals surface area contributed by atoms with Gasteiger partial charge in [-0.2, -0.15) is 0 Å². The molecule has 1 atom stereocenters. The number of amides is 2. The van der Waals surface area contributed by atoms with Gasteiger partial charge in [-0.1, -0.05) is 13.8 Å². The molecule has 5 nitrogen and oxygen atoms in total. The molecule has 1 heterocycles. The normalized spacial score (nSPS) is 19.8. The third kappa shape index (κ3) is 6.26. The molecular formula is C15H28N2O3. The third-order valence-electron chi connectivity index (χ3n) is 4.10. The number of carbonyl (C=O) groups is 2. The molecule has 1 fully saturated rings. The lowest BCUT2D eigenvalue weighted by Crippen LogP contribution is -2.41. The van der Waals surface area contributed by atoms with Crippen LogP contribution in [0.3, 0.4) is 0 Å². The predicted octanol–water partition coefficient (Wildman–Crippen LogP) is 2.71. The van der Waals surface area contributed by atoms with E-state index in [1.54, 1.807) is 0 Å². The van der Waals surface area contributed by atoms with Gasteiger partial charge in [0.05, 0.1) is 0 Å². The molecule has 5 heteroatoms. The number of rotatable bonds is 6. The number of carboxylic acids is 1. The Morgan fingerprint density at radius 2 is 2.00 bits per heavy atom. The first-order chi connectivity index (χ1) is 9.50. The van der Waals surface area contributed by atoms with Gasteiger partial charge in [-0.25, -0.2) is 4.79 Å². The number of unbranched alkanes of at least 4 members (excludes halogenated alkanes) is 1. The van der Waals surface area contributed by atoms with E-state index in [1.165, 1.54) is 6.42 Å². The molecule has 0 aliphatic carbocycles. The largest absolute Gasteiger partial charge is 0.481 e. The predicted molar refractivity (Wildman–Crippen MR) is 78.6 cm³/mol. The molecule has 0 aromatic heterocycles. The van der Waals surface area contributed by atoms with Crippen molar-refractivity contribution in [3.8, 4) is 0 Å². The van der Waals surface area contributed by atoms with E-state index in [-0.39, 0.29) is 12.5 Å². The van der Waals surface area contributed by atoms with E-state index < -0.39 is 5.97 Å². The summed E-state index contributed by atoms with van der Waals surface area (Å²) in [6, 6.07) is 0.00438. The molecule has 0 spiro atoms. The van der Waals surface area contributed by atoms with Crippen molar-refractivity contribution in [3.05, 3.63) is 0 Å². The number of urea groups is 1. The summed E-state index contributed by atoms with van der Waals surface area (Å²) in [7, 11) is 0. The van der Waals surface area contributed by atoms with Crippen molar-refractivity contribution in [1.29, 1.82) is 0 Å². The maximum Gasteiger partial charge on any atom is 0.317 e. The van der Waals surface area contributed by atoms with Crippen molar-refractivity contribution in [2.75, 3.05) is 19.6 Å². The fourth-order valence-corrected chi connectivity index (χ4v) is 2.70. The van der Waals surface area contributed by atoms with Gasteiger partial charge in [-0.3, -0.25) is 4.79 Å². The molecule has 2 N–H and O–H groups in total. The second-order valence-corrected chi connectivity index (χ2v) is 6.00. The van der Waals surface area contributed by atoms with E-state index in [0.29, 0.717) is 18.9 Å². The smallest absolute Gasteiger partial charge is 0.317 e. The highest BCUT2D eigenvalue weighted by Crippen LogP contribution is 2.24. The van der Waals surface area contributed by atoms with Gasteiger partial charge < -0.3 is 15.3 Å². The SMILES string of the molecule is CC(C)C1CCCN(C(=O)NCCCCC(=O)O)CC1. The average molecular weight is 284 g/mol. The van der Waals surface area contributed by atoms with Crippen LogP contribution in [0.1, 0.15) is 52.4 Å². The summed E-state index contributed by atoms with van der Waals surface area (Å²) in [5.74, 6) is 0.640. The molecule has 1 aliphatic rings. The number of nitrogens with zero attached hydrogens (tertiary/aromatic N) is 1. The fourth-order valence-electron chi connectivity index (χ4n) is 2.70. The summed E-state index contributed by atoms with van der Waals surface area (Å²) in [6.45, 7) is 6.75. The molecule has 20 heavy (non-hydrogen) atoms. The summed E-state index contributed by atoms with van der Waals surface area (Å²) in [4.78, 5) is 24.3. The van der Waals surface area contributed by atoms with Crippen molar-refractivity contribution in [2.24, 2.45) is 11.8 Å². The quantitative estimate of drug-likeness (QED) is 0.737. The van der Waals surface area contributed by atoms with Crippen LogP contribution in [-0.4, -0.2) is 41.6 Å². The minimum Gasteiger partial charge on any atom is -0.481 e. The van der Waals surface area contributed by atoms with E-state index in [2.05, 4.69) is 19.2 Å². The lowest BCUT2D eigenvalue weighted by Gasteiger charge is -2.22. The number of nitrogens with one attached hydrogen (secondary N) is 1. The van der Waals surface area contributed by atoms with Crippen LogP contribution in [0.15, 0.2) is 0 Å². The van der Waals surface area contributed by atoms with E-state index in [0.717, 1.165) is 38.3 Å². The Morgan fingerprint density at radius 3 is 2.65 bits per heavy atom. The standard InChI is InChI=1S/C15H28N2O3/c1-12(2)13-6-5-10-17(11-8-13)15(20)16-9-4-3-7-14(18)19/h12-13H,3-11H2,1-2H3,(H,16,20)(H,18,19). The lowest BCUT2D eigenvalue weighted by molar-refractivity contribution is -0.137. The minimum absolute atomic E-state index is 0.00438. The van der Waals surface area contributed by atoms with Crippen LogP contribution < -0.4 is 5.32 Å². The summed E-state index contributed by atoms with van der Waals surface area (Å²) in [6.07, 6.45) is 4.89. The Kier molecular flexibility index (Phi) is 7.41. The van der Waals surface area contributed by atoms with Crippen LogP contribution in [0.25, 0.3) is 0 Å². The van der Waals surface area contributed by atoms with Gasteiger partial charge in [0.1, 0.15) is 0 Å². The first-order valence-electron chi connectivity index (χ1n) is 7.75. The molecule has 1 unspecified atom stereocenters. The molecule has 116 valence electrons. The molecule has 1 saturated heterocycles. The molecule has 0 radical (unpaired) electrons. The molecular weight excluding hydrogens is 256 g/mol. The number of carboxylic acid groups (broad SMARTS) is 1. The average Bonchev–Trinajstić information content (AvgIpc) is 2.63. The van der Waals surface area contributed by atoms with Gasteiger partial charge >= 0.3 is 12.0 Å². The van der Waals surface area contributed by atoms with E-state index in [9.17, 15) is 9.59 Å². The second-order valence-electron chi connectivity index (χ2n) is 6.00. The van der Waals surface area contributed by atoms with Gasteiger partial charge in [-0.15, -0.1) is 0 Å². The minimum atomic E-state index is -0.774. The highest BCUT2D eigenvalue weighted by molar-refractivity contribution is 5.74. The van der Waals surface area contributed by atoms with Crippen LogP contribution in [-0.2, 0) is 4.79 Å². The zero-order valence-corrected chi connectivity index (χ0v) is 12.7. The zero-order chi connectivity index (χ0) is 15.0. The maximum absolute atomic E-state index is 12.0. The van der Waals surface area contributed by atoms with Crippen molar-refractivity contribution < 1.29 is 14.7 Å². The molecule has 0 aromatic rings. The highest BCUT2D eigenvalue weighted by atomic mass is 16.4. The Balaban J connectivity index is 2.21. The van der Waals surface area contributed by atoms with Crippen molar-refractivity contribution in [2.45, 2.75) is 52.4 Å². The second kappa shape index (κ2) is 8.82. The Bertz CT molecular complexity index is 318. The number of aliphatic carboxylic acids is 1. The van der Waals surface area contributed by atoms with E-state index in [1.807, 2.05) is 4.90 Å². The van der Waals surface area contributed by atoms with Crippen LogP contribution in [0.4, 0.5) is 4.79 Å². The van der Waals surface area contributed by atoms with Gasteiger partial charge in [-0.05, 0) is 43.9 Å². The number of carbonyl (C=O) groups excluding carboxylic acids is 1. The van der Waals surface area contributed by atoms with Gasteiger partial charge in [0, 0.05) is 26.1 Å². The van der Waals surface area contributed by atoms with Crippen LogP contribution in [0.2, 0.25) is 0 Å². The summed E-state index contributed by atoms with van der Waals surface area (Å²) >= 11 is 0. The van der Waals surface area contributed by atoms with Crippen LogP contribution in [0, 0.1) is 11.8 Å². The molecule has 0 aromatic carbocycles. The van der Waals surface area contributed by atoms with Gasteiger partial charge in [0.2, 0.25) is 0 Å². The van der Waals surface area contributed by atoms with Crippen molar-refractivity contribution >= 4 is 12.0 Å². The molecule has 0 saturated carbocycles. The first-order valence-corrected chi connectivity index (χ1v) is 7.75. The summed E-state index contributed by atoms with van der Waals surface area (Å²) < 4.78 is 0. The molecule has 0 bridgehead atoms. The van der Waals surface area contributed by atoms with Gasteiger partial charge in [0.15, 0.2) is 0 Å². The topological polar surface area (TPSA) is 69.6 Å². The molecule has 2 amide bonds. The Hall–Kier alpha value is -1.26. The summed E-state index contributed by atoms with van der Waals surface area (Å²) in [5, 5.41) is 11.4. The highest BCUT2D eigenvalue weighted by Gasteiger charge is 2.21. The van der Waals surface area contributed by atoms with E-state index in [4.69, 9.17) is 5.11 Å². The number of hydrogen-bond donors (Lipinski definition) is 2. The Labute approximate surface area is 121 Å². The molecule has 1 aliphatic heterocycles. The van der Waals surface area contributed by atoms with Crippen molar-refractivity contribution in [1.82, 2.24) is 10.2 Å².